The second kappa shape index (κ2) is 8.23. The number of nitrogens with zero attached hydrogens (tertiary/aromatic N) is 4. The van der Waals surface area contributed by atoms with E-state index in [1.807, 2.05) is 13.8 Å². The SMILES string of the molecule is CC1(C)Oc2ncnc(N)c2N=C1c1ccc(C2CCC(N3CCCCC3)CC2)cc1. The van der Waals surface area contributed by atoms with Crippen LogP contribution in [0, 0.1) is 0 Å². The second-order valence-electron chi connectivity index (χ2n) is 9.71. The fraction of sp³-hybridized carbons (Fsp3) is 0.560. The normalized spacial score (nSPS) is 25.9. The summed E-state index contributed by atoms with van der Waals surface area (Å²) in [7, 11) is 0. The first-order valence-corrected chi connectivity index (χ1v) is 11.7. The molecule has 6 heteroatoms. The molecule has 3 aliphatic rings. The highest BCUT2D eigenvalue weighted by molar-refractivity contribution is 6.09. The van der Waals surface area contributed by atoms with Gasteiger partial charge in [-0.1, -0.05) is 30.7 Å². The van der Waals surface area contributed by atoms with Crippen molar-refractivity contribution in [2.24, 2.45) is 4.99 Å². The van der Waals surface area contributed by atoms with Gasteiger partial charge in [-0.2, -0.15) is 4.98 Å². The lowest BCUT2D eigenvalue weighted by Crippen LogP contribution is -2.41. The Bertz CT molecular complexity index is 954. The van der Waals surface area contributed by atoms with Gasteiger partial charge < -0.3 is 15.4 Å². The van der Waals surface area contributed by atoms with Crippen molar-refractivity contribution in [3.05, 3.63) is 41.7 Å². The quantitative estimate of drug-likeness (QED) is 0.769. The minimum absolute atomic E-state index is 0.347. The fourth-order valence-electron chi connectivity index (χ4n) is 5.47. The molecule has 6 nitrogen and oxygen atoms in total. The minimum Gasteiger partial charge on any atom is -0.463 e. The van der Waals surface area contributed by atoms with Gasteiger partial charge in [0.15, 0.2) is 11.5 Å². The summed E-state index contributed by atoms with van der Waals surface area (Å²) in [5.74, 6) is 1.46. The van der Waals surface area contributed by atoms with Crippen molar-refractivity contribution < 1.29 is 4.74 Å². The molecule has 2 aromatic rings. The number of hydrogen-bond donors (Lipinski definition) is 1. The van der Waals surface area contributed by atoms with E-state index in [-0.39, 0.29) is 0 Å². The molecule has 0 atom stereocenters. The van der Waals surface area contributed by atoms with E-state index >= 15 is 0 Å². The molecular formula is C25H33N5O. The summed E-state index contributed by atoms with van der Waals surface area (Å²) in [4.78, 5) is 15.8. The fourth-order valence-corrected chi connectivity index (χ4v) is 5.47. The zero-order chi connectivity index (χ0) is 21.4. The lowest BCUT2D eigenvalue weighted by atomic mass is 9.80. The number of benzene rings is 1. The highest BCUT2D eigenvalue weighted by atomic mass is 16.5. The van der Waals surface area contributed by atoms with Gasteiger partial charge in [0, 0.05) is 11.6 Å². The highest BCUT2D eigenvalue weighted by Gasteiger charge is 2.35. The van der Waals surface area contributed by atoms with Gasteiger partial charge in [-0.05, 0) is 76.9 Å². The zero-order valence-electron chi connectivity index (χ0n) is 18.7. The standard InChI is InChI=1S/C25H33N5O/c1-25(2)22(29-21-23(26)27-16-28-24(21)31-25)19-8-6-17(7-9-19)18-10-12-20(13-11-18)30-14-4-3-5-15-30/h6-9,16,18,20H,3-5,10-15H2,1-2H3,(H2,26,27,28). The number of hydrogen-bond acceptors (Lipinski definition) is 6. The second-order valence-corrected chi connectivity index (χ2v) is 9.71. The lowest BCUT2D eigenvalue weighted by molar-refractivity contribution is 0.125. The summed E-state index contributed by atoms with van der Waals surface area (Å²) < 4.78 is 6.12. The smallest absolute Gasteiger partial charge is 0.246 e. The molecule has 1 aromatic carbocycles. The molecule has 31 heavy (non-hydrogen) atoms. The molecule has 2 aliphatic heterocycles. The molecule has 0 bridgehead atoms. The Balaban J connectivity index is 1.31. The van der Waals surface area contributed by atoms with E-state index in [1.165, 1.54) is 69.9 Å². The van der Waals surface area contributed by atoms with Crippen LogP contribution in [0.25, 0.3) is 0 Å². The summed E-state index contributed by atoms with van der Waals surface area (Å²) >= 11 is 0. The first kappa shape index (κ1) is 20.4. The number of anilines is 1. The van der Waals surface area contributed by atoms with Crippen LogP contribution in [0.3, 0.4) is 0 Å². The Morgan fingerprint density at radius 1 is 0.968 bits per heavy atom. The van der Waals surface area contributed by atoms with Crippen molar-refractivity contribution >= 4 is 17.2 Å². The number of aromatic nitrogens is 2. The van der Waals surface area contributed by atoms with Gasteiger partial charge in [-0.3, -0.25) is 0 Å². The summed E-state index contributed by atoms with van der Waals surface area (Å²) in [5, 5.41) is 0. The van der Waals surface area contributed by atoms with Crippen LogP contribution in [0.2, 0.25) is 0 Å². The minimum atomic E-state index is -0.582. The van der Waals surface area contributed by atoms with E-state index in [1.54, 1.807) is 0 Å². The molecule has 2 fully saturated rings. The summed E-state index contributed by atoms with van der Waals surface area (Å²) in [6.07, 6.45) is 10.8. The number of fused-ring (bicyclic) bond motifs is 1. The third kappa shape index (κ3) is 4.05. The molecule has 1 aliphatic carbocycles. The topological polar surface area (TPSA) is 76.6 Å². The zero-order valence-corrected chi connectivity index (χ0v) is 18.7. The average Bonchev–Trinajstić information content (AvgIpc) is 2.79. The molecule has 0 radical (unpaired) electrons. The number of nitrogen functional groups attached to an aromatic ring is 1. The third-order valence-corrected chi connectivity index (χ3v) is 7.22. The van der Waals surface area contributed by atoms with Crippen LogP contribution in [0.1, 0.15) is 75.8 Å². The number of nitrogens with two attached hydrogens (primary N) is 1. The Morgan fingerprint density at radius 3 is 2.39 bits per heavy atom. The predicted octanol–water partition coefficient (Wildman–Crippen LogP) is 4.86. The van der Waals surface area contributed by atoms with Crippen LogP contribution in [0.5, 0.6) is 5.88 Å². The summed E-state index contributed by atoms with van der Waals surface area (Å²) in [6, 6.07) is 9.72. The van der Waals surface area contributed by atoms with Crippen LogP contribution in [0.4, 0.5) is 11.5 Å². The van der Waals surface area contributed by atoms with E-state index in [9.17, 15) is 0 Å². The first-order valence-electron chi connectivity index (χ1n) is 11.7. The van der Waals surface area contributed by atoms with Gasteiger partial charge in [0.05, 0.1) is 5.71 Å². The van der Waals surface area contributed by atoms with Gasteiger partial charge in [0.1, 0.15) is 11.9 Å². The average molecular weight is 420 g/mol. The number of rotatable bonds is 3. The van der Waals surface area contributed by atoms with Crippen molar-refractivity contribution in [2.75, 3.05) is 18.8 Å². The van der Waals surface area contributed by atoms with Gasteiger partial charge in [-0.25, -0.2) is 9.98 Å². The van der Waals surface area contributed by atoms with Crippen molar-refractivity contribution in [1.82, 2.24) is 14.9 Å². The first-order chi connectivity index (χ1) is 15.0. The maximum atomic E-state index is 6.12. The predicted molar refractivity (Wildman–Crippen MR) is 124 cm³/mol. The molecule has 0 spiro atoms. The molecule has 1 aromatic heterocycles. The molecular weight excluding hydrogens is 386 g/mol. The van der Waals surface area contributed by atoms with Crippen molar-refractivity contribution in [2.45, 2.75) is 76.4 Å². The van der Waals surface area contributed by atoms with Crippen LogP contribution >= 0.6 is 0 Å². The maximum absolute atomic E-state index is 6.12. The molecule has 3 heterocycles. The van der Waals surface area contributed by atoms with Gasteiger partial charge in [-0.15, -0.1) is 0 Å². The molecule has 1 saturated heterocycles. The van der Waals surface area contributed by atoms with Gasteiger partial charge in [0.2, 0.25) is 5.88 Å². The van der Waals surface area contributed by atoms with Crippen molar-refractivity contribution in [3.8, 4) is 5.88 Å². The van der Waals surface area contributed by atoms with Gasteiger partial charge in [0.25, 0.3) is 0 Å². The molecule has 2 N–H and O–H groups in total. The highest BCUT2D eigenvalue weighted by Crippen LogP contribution is 2.40. The molecule has 164 valence electrons. The summed E-state index contributed by atoms with van der Waals surface area (Å²) in [6.45, 7) is 6.65. The van der Waals surface area contributed by atoms with Crippen molar-refractivity contribution in [1.29, 1.82) is 0 Å². The van der Waals surface area contributed by atoms with Crippen LogP contribution in [0.15, 0.2) is 35.6 Å². The molecule has 0 amide bonds. The number of ether oxygens (including phenoxy) is 1. The molecule has 5 rings (SSSR count). The summed E-state index contributed by atoms with van der Waals surface area (Å²) in [5.41, 5.74) is 9.33. The van der Waals surface area contributed by atoms with E-state index < -0.39 is 5.60 Å². The number of aliphatic imine (C=N–C) groups is 1. The van der Waals surface area contributed by atoms with E-state index in [2.05, 4.69) is 39.1 Å². The van der Waals surface area contributed by atoms with Crippen LogP contribution < -0.4 is 10.5 Å². The van der Waals surface area contributed by atoms with Crippen LogP contribution in [-0.4, -0.2) is 45.3 Å². The lowest BCUT2D eigenvalue weighted by Gasteiger charge is -2.39. The van der Waals surface area contributed by atoms with E-state index in [0.717, 1.165) is 17.3 Å². The van der Waals surface area contributed by atoms with E-state index in [0.29, 0.717) is 23.3 Å². The molecule has 0 unspecified atom stereocenters. The van der Waals surface area contributed by atoms with E-state index in [4.69, 9.17) is 15.5 Å². The largest absolute Gasteiger partial charge is 0.463 e. The Labute approximate surface area is 184 Å². The Kier molecular flexibility index (Phi) is 5.42. The maximum Gasteiger partial charge on any atom is 0.246 e. The monoisotopic (exact) mass is 419 g/mol. The Morgan fingerprint density at radius 2 is 1.68 bits per heavy atom. The number of piperidine rings is 1. The third-order valence-electron chi connectivity index (χ3n) is 7.22. The number of likely N-dealkylation sites (tertiary alicyclic amines) is 1. The van der Waals surface area contributed by atoms with Crippen LogP contribution in [-0.2, 0) is 0 Å². The van der Waals surface area contributed by atoms with Gasteiger partial charge >= 0.3 is 0 Å². The van der Waals surface area contributed by atoms with Crippen molar-refractivity contribution in [3.63, 3.8) is 0 Å². The Hall–Kier alpha value is -2.47. The molecule has 1 saturated carbocycles.